The summed E-state index contributed by atoms with van der Waals surface area (Å²) in [6.07, 6.45) is 3.93. The lowest BCUT2D eigenvalue weighted by Gasteiger charge is -2.34. The molecule has 0 amide bonds. The number of aromatic nitrogens is 1. The van der Waals surface area contributed by atoms with Crippen LogP contribution in [0.25, 0.3) is 11.3 Å². The second kappa shape index (κ2) is 11.9. The van der Waals surface area contributed by atoms with E-state index in [1.165, 1.54) is 11.3 Å². The van der Waals surface area contributed by atoms with Crippen molar-refractivity contribution in [1.29, 1.82) is 0 Å². The van der Waals surface area contributed by atoms with E-state index in [0.717, 1.165) is 49.8 Å². The number of halogens is 1. The van der Waals surface area contributed by atoms with Crippen molar-refractivity contribution in [2.45, 2.75) is 39.3 Å². The van der Waals surface area contributed by atoms with E-state index in [1.54, 1.807) is 6.20 Å². The molecule has 0 spiro atoms. The summed E-state index contributed by atoms with van der Waals surface area (Å²) < 4.78 is 5.91. The Morgan fingerprint density at radius 2 is 1.81 bits per heavy atom. The second-order valence-electron chi connectivity index (χ2n) is 7.92. The minimum absolute atomic E-state index is 0. The van der Waals surface area contributed by atoms with Crippen molar-refractivity contribution >= 4 is 35.6 Å². The molecule has 1 fully saturated rings. The highest BCUT2D eigenvalue weighted by Gasteiger charge is 2.20. The van der Waals surface area contributed by atoms with Gasteiger partial charge in [-0.3, -0.25) is 0 Å². The monoisotopic (exact) mass is 545 g/mol. The summed E-state index contributed by atoms with van der Waals surface area (Å²) >= 11 is 0. The van der Waals surface area contributed by atoms with Gasteiger partial charge in [-0.15, -0.1) is 24.0 Å². The van der Waals surface area contributed by atoms with Gasteiger partial charge in [-0.2, -0.15) is 0 Å². The predicted octanol–water partition coefficient (Wildman–Crippen LogP) is 4.99. The average Bonchev–Trinajstić information content (AvgIpc) is 3.28. The Hall–Kier alpha value is -2.55. The molecule has 1 saturated heterocycles. The molecule has 0 saturated carbocycles. The summed E-state index contributed by atoms with van der Waals surface area (Å²) in [4.78, 5) is 11.5. The van der Waals surface area contributed by atoms with Crippen molar-refractivity contribution in [2.24, 2.45) is 4.99 Å². The molecule has 0 bridgehead atoms. The van der Waals surface area contributed by atoms with Crippen molar-refractivity contribution in [3.63, 3.8) is 0 Å². The van der Waals surface area contributed by atoms with Crippen LogP contribution in [-0.4, -0.2) is 36.6 Å². The van der Waals surface area contributed by atoms with Gasteiger partial charge in [-0.25, -0.2) is 9.98 Å². The zero-order chi connectivity index (χ0) is 21.5. The SMILES string of the molecule is CCNC(=NCc1ncc(-c2ccc(C)cc2)o1)NC1CCN(c2ccccc2)CC1.I. The lowest BCUT2D eigenvalue weighted by molar-refractivity contribution is 0.460. The van der Waals surface area contributed by atoms with Crippen LogP contribution < -0.4 is 15.5 Å². The van der Waals surface area contributed by atoms with Crippen molar-refractivity contribution in [3.8, 4) is 11.3 Å². The van der Waals surface area contributed by atoms with Crippen LogP contribution >= 0.6 is 24.0 Å². The lowest BCUT2D eigenvalue weighted by Crippen LogP contribution is -2.48. The first-order chi connectivity index (χ1) is 15.2. The van der Waals surface area contributed by atoms with Crippen molar-refractivity contribution < 1.29 is 4.42 Å². The molecule has 1 aliphatic heterocycles. The molecule has 0 unspecified atom stereocenters. The highest BCUT2D eigenvalue weighted by Crippen LogP contribution is 2.21. The maximum absolute atomic E-state index is 5.91. The van der Waals surface area contributed by atoms with E-state index in [2.05, 4.69) is 89.0 Å². The quantitative estimate of drug-likeness (QED) is 0.260. The Bertz CT molecular complexity index is 979. The molecule has 0 radical (unpaired) electrons. The molecule has 4 rings (SSSR count). The highest BCUT2D eigenvalue weighted by molar-refractivity contribution is 14.0. The number of aryl methyl sites for hydroxylation is 1. The number of anilines is 1. The fourth-order valence-corrected chi connectivity index (χ4v) is 3.82. The maximum atomic E-state index is 5.91. The number of aliphatic imine (C=N–C) groups is 1. The number of nitrogens with one attached hydrogen (secondary N) is 2. The van der Waals surface area contributed by atoms with E-state index in [9.17, 15) is 0 Å². The maximum Gasteiger partial charge on any atom is 0.216 e. The highest BCUT2D eigenvalue weighted by atomic mass is 127. The standard InChI is InChI=1S/C25H31N5O.HI/c1-3-26-25(29-21-13-15-30(16-14-21)22-7-5-4-6-8-22)28-18-24-27-17-23(31-24)20-11-9-19(2)10-12-20;/h4-12,17,21H,3,13-16,18H2,1-2H3,(H2,26,28,29);1H. The molecule has 6 nitrogen and oxygen atoms in total. The summed E-state index contributed by atoms with van der Waals surface area (Å²) in [5, 5.41) is 6.93. The van der Waals surface area contributed by atoms with Crippen LogP contribution in [0.5, 0.6) is 0 Å². The third kappa shape index (κ3) is 6.48. The Kier molecular flexibility index (Phi) is 8.96. The minimum atomic E-state index is 0. The molecule has 3 aromatic rings. The minimum Gasteiger partial charge on any atom is -0.439 e. The van der Waals surface area contributed by atoms with E-state index < -0.39 is 0 Å². The number of piperidine rings is 1. The Balaban J connectivity index is 0.00000289. The first-order valence-electron chi connectivity index (χ1n) is 11.1. The van der Waals surface area contributed by atoms with Crippen LogP contribution in [0.3, 0.4) is 0 Å². The zero-order valence-electron chi connectivity index (χ0n) is 18.8. The van der Waals surface area contributed by atoms with Gasteiger partial charge in [0.15, 0.2) is 11.7 Å². The Morgan fingerprint density at radius 1 is 1.09 bits per heavy atom. The fraction of sp³-hybridized carbons (Fsp3) is 0.360. The molecule has 1 aliphatic rings. The molecule has 170 valence electrons. The summed E-state index contributed by atoms with van der Waals surface area (Å²) in [5.41, 5.74) is 3.56. The van der Waals surface area contributed by atoms with Crippen LogP contribution in [0.4, 0.5) is 5.69 Å². The fourth-order valence-electron chi connectivity index (χ4n) is 3.82. The third-order valence-electron chi connectivity index (χ3n) is 5.56. The first-order valence-corrected chi connectivity index (χ1v) is 11.1. The topological polar surface area (TPSA) is 65.7 Å². The van der Waals surface area contributed by atoms with Gasteiger partial charge in [0.1, 0.15) is 6.54 Å². The third-order valence-corrected chi connectivity index (χ3v) is 5.56. The van der Waals surface area contributed by atoms with Crippen LogP contribution in [0, 0.1) is 6.92 Å². The van der Waals surface area contributed by atoms with Crippen molar-refractivity contribution in [3.05, 3.63) is 72.2 Å². The number of hydrogen-bond donors (Lipinski definition) is 2. The molecule has 1 aromatic heterocycles. The summed E-state index contributed by atoms with van der Waals surface area (Å²) in [6.45, 7) is 7.46. The van der Waals surface area contributed by atoms with Gasteiger partial charge >= 0.3 is 0 Å². The van der Waals surface area contributed by atoms with Gasteiger partial charge in [0.2, 0.25) is 5.89 Å². The molecule has 0 aliphatic carbocycles. The van der Waals surface area contributed by atoms with Crippen LogP contribution in [0.15, 0.2) is 70.2 Å². The van der Waals surface area contributed by atoms with Gasteiger partial charge in [0, 0.05) is 36.9 Å². The van der Waals surface area contributed by atoms with Crippen molar-refractivity contribution in [2.75, 3.05) is 24.5 Å². The lowest BCUT2D eigenvalue weighted by atomic mass is 10.0. The van der Waals surface area contributed by atoms with Crippen LogP contribution in [0.1, 0.15) is 31.2 Å². The van der Waals surface area contributed by atoms with E-state index in [4.69, 9.17) is 9.41 Å². The second-order valence-corrected chi connectivity index (χ2v) is 7.92. The normalized spacial score (nSPS) is 14.7. The smallest absolute Gasteiger partial charge is 0.216 e. The predicted molar refractivity (Wildman–Crippen MR) is 142 cm³/mol. The largest absolute Gasteiger partial charge is 0.439 e. The van der Waals surface area contributed by atoms with E-state index >= 15 is 0 Å². The number of benzene rings is 2. The molecule has 2 heterocycles. The van der Waals surface area contributed by atoms with Gasteiger partial charge in [-0.1, -0.05) is 48.0 Å². The summed E-state index contributed by atoms with van der Waals surface area (Å²) in [5.74, 6) is 2.21. The zero-order valence-corrected chi connectivity index (χ0v) is 21.1. The Labute approximate surface area is 207 Å². The van der Waals surface area contributed by atoms with Gasteiger partial charge < -0.3 is 20.0 Å². The summed E-state index contributed by atoms with van der Waals surface area (Å²) in [7, 11) is 0. The number of guanidine groups is 1. The number of rotatable bonds is 6. The molecule has 2 aromatic carbocycles. The van der Waals surface area contributed by atoms with Gasteiger partial charge in [-0.05, 0) is 38.8 Å². The van der Waals surface area contributed by atoms with Crippen LogP contribution in [0.2, 0.25) is 0 Å². The summed E-state index contributed by atoms with van der Waals surface area (Å²) in [6, 6.07) is 19.3. The van der Waals surface area contributed by atoms with Crippen molar-refractivity contribution in [1.82, 2.24) is 15.6 Å². The molecular weight excluding hydrogens is 513 g/mol. The molecule has 32 heavy (non-hydrogen) atoms. The molecule has 0 atom stereocenters. The van der Waals surface area contributed by atoms with E-state index in [1.807, 2.05) is 0 Å². The number of oxazole rings is 1. The van der Waals surface area contributed by atoms with Crippen LogP contribution in [-0.2, 0) is 6.54 Å². The van der Waals surface area contributed by atoms with Gasteiger partial charge in [0.25, 0.3) is 0 Å². The van der Waals surface area contributed by atoms with Gasteiger partial charge in [0.05, 0.1) is 6.20 Å². The van der Waals surface area contributed by atoms with E-state index in [-0.39, 0.29) is 24.0 Å². The molecule has 2 N–H and O–H groups in total. The molecular formula is C25H32IN5O. The molecule has 7 heteroatoms. The Morgan fingerprint density at radius 3 is 2.50 bits per heavy atom. The van der Waals surface area contributed by atoms with E-state index in [0.29, 0.717) is 18.5 Å². The average molecular weight is 545 g/mol. The first kappa shape index (κ1) is 24.1. The number of para-hydroxylation sites is 1. The number of hydrogen-bond acceptors (Lipinski definition) is 4. The number of nitrogens with zero attached hydrogens (tertiary/aromatic N) is 3.